The molecule has 0 aromatic heterocycles. The van der Waals surface area contributed by atoms with Crippen LogP contribution in [0.15, 0.2) is 30.3 Å². The van der Waals surface area contributed by atoms with Crippen LogP contribution in [0.1, 0.15) is 31.2 Å². The van der Waals surface area contributed by atoms with Gasteiger partial charge in [0.05, 0.1) is 19.3 Å². The van der Waals surface area contributed by atoms with Crippen LogP contribution >= 0.6 is 0 Å². The van der Waals surface area contributed by atoms with Crippen LogP contribution in [0.5, 0.6) is 0 Å². The van der Waals surface area contributed by atoms with E-state index in [-0.39, 0.29) is 12.7 Å². The van der Waals surface area contributed by atoms with Gasteiger partial charge in [0.1, 0.15) is 4.75 Å². The molecule has 0 bridgehead atoms. The van der Waals surface area contributed by atoms with Crippen LogP contribution in [0.2, 0.25) is 0 Å². The maximum atomic E-state index is 12.5. The third kappa shape index (κ3) is 3.68. The lowest BCUT2D eigenvalue weighted by Crippen LogP contribution is -2.42. The predicted octanol–water partition coefficient (Wildman–Crippen LogP) is 1.83. The molecule has 1 heterocycles. The molecule has 3 rings (SSSR count). The van der Waals surface area contributed by atoms with E-state index in [2.05, 4.69) is 4.72 Å². The molecule has 1 aromatic rings. The summed E-state index contributed by atoms with van der Waals surface area (Å²) in [6.07, 6.45) is 3.30. The highest BCUT2D eigenvalue weighted by Crippen LogP contribution is 2.43. The Morgan fingerprint density at radius 3 is 2.68 bits per heavy atom. The Morgan fingerprint density at radius 1 is 1.27 bits per heavy atom. The minimum absolute atomic E-state index is 0.0239. The van der Waals surface area contributed by atoms with E-state index in [1.54, 1.807) is 0 Å². The molecule has 0 amide bonds. The molecule has 2 fully saturated rings. The van der Waals surface area contributed by atoms with Crippen LogP contribution < -0.4 is 4.72 Å². The highest BCUT2D eigenvalue weighted by atomic mass is 32.2. The van der Waals surface area contributed by atoms with Crippen LogP contribution in [-0.4, -0.2) is 39.0 Å². The molecule has 5 nitrogen and oxygen atoms in total. The van der Waals surface area contributed by atoms with Gasteiger partial charge in [-0.15, -0.1) is 0 Å². The Morgan fingerprint density at radius 2 is 2.05 bits per heavy atom. The number of ether oxygens (including phenoxy) is 2. The van der Waals surface area contributed by atoms with Gasteiger partial charge in [-0.05, 0) is 31.2 Å². The minimum Gasteiger partial charge on any atom is -0.377 e. The first-order valence-corrected chi connectivity index (χ1v) is 9.32. The Balaban J connectivity index is 1.49. The molecule has 1 atom stereocenters. The van der Waals surface area contributed by atoms with Crippen molar-refractivity contribution < 1.29 is 17.9 Å². The fourth-order valence-corrected chi connectivity index (χ4v) is 4.31. The summed E-state index contributed by atoms with van der Waals surface area (Å²) in [6, 6.07) is 9.80. The number of nitrogens with one attached hydrogen (secondary N) is 1. The lowest BCUT2D eigenvalue weighted by Gasteiger charge is -2.19. The zero-order valence-corrected chi connectivity index (χ0v) is 13.5. The van der Waals surface area contributed by atoms with Crippen molar-refractivity contribution in [1.82, 2.24) is 4.72 Å². The first kappa shape index (κ1) is 15.9. The summed E-state index contributed by atoms with van der Waals surface area (Å²) in [6.45, 7) is 1.81. The van der Waals surface area contributed by atoms with Crippen molar-refractivity contribution >= 4 is 10.0 Å². The molecular weight excluding hydrogens is 302 g/mol. The van der Waals surface area contributed by atoms with E-state index >= 15 is 0 Å². The second-order valence-corrected chi connectivity index (χ2v) is 8.31. The summed E-state index contributed by atoms with van der Waals surface area (Å²) in [5, 5.41) is 0. The van der Waals surface area contributed by atoms with Crippen molar-refractivity contribution in [2.45, 2.75) is 43.1 Å². The monoisotopic (exact) mass is 325 g/mol. The van der Waals surface area contributed by atoms with Crippen molar-refractivity contribution in [3.05, 3.63) is 35.9 Å². The van der Waals surface area contributed by atoms with Gasteiger partial charge < -0.3 is 9.47 Å². The zero-order valence-electron chi connectivity index (χ0n) is 12.7. The molecular formula is C16H23NO4S. The van der Waals surface area contributed by atoms with E-state index < -0.39 is 14.8 Å². The topological polar surface area (TPSA) is 64.6 Å². The largest absolute Gasteiger partial charge is 0.377 e. The SMILES string of the molecule is O=S(=O)(NCC1CCCO1)C1(COCc2ccccc2)CC1. The molecule has 1 aliphatic carbocycles. The summed E-state index contributed by atoms with van der Waals surface area (Å²) in [4.78, 5) is 0. The third-order valence-corrected chi connectivity index (χ3v) is 6.59. The van der Waals surface area contributed by atoms with Gasteiger partial charge >= 0.3 is 0 Å². The number of hydrogen-bond donors (Lipinski definition) is 1. The Bertz CT molecular complexity index is 577. The molecule has 0 spiro atoms. The quantitative estimate of drug-likeness (QED) is 0.792. The van der Waals surface area contributed by atoms with Crippen LogP contribution in [0.3, 0.4) is 0 Å². The number of benzene rings is 1. The zero-order chi connectivity index (χ0) is 15.5. The molecule has 1 saturated carbocycles. The van der Waals surface area contributed by atoms with E-state index in [1.165, 1.54) is 0 Å². The maximum absolute atomic E-state index is 12.5. The summed E-state index contributed by atoms with van der Waals surface area (Å²) in [5.41, 5.74) is 1.06. The number of hydrogen-bond acceptors (Lipinski definition) is 4. The molecule has 1 saturated heterocycles. The second kappa shape index (κ2) is 6.66. The van der Waals surface area contributed by atoms with E-state index in [1.807, 2.05) is 30.3 Å². The van der Waals surface area contributed by atoms with Gasteiger partial charge in [0, 0.05) is 13.2 Å². The van der Waals surface area contributed by atoms with Gasteiger partial charge in [-0.25, -0.2) is 13.1 Å². The van der Waals surface area contributed by atoms with Crippen molar-refractivity contribution in [3.63, 3.8) is 0 Å². The van der Waals surface area contributed by atoms with Gasteiger partial charge in [0.2, 0.25) is 10.0 Å². The Kier molecular flexibility index (Phi) is 4.82. The second-order valence-electron chi connectivity index (χ2n) is 6.15. The molecule has 1 N–H and O–H groups in total. The van der Waals surface area contributed by atoms with Crippen LogP contribution in [0.4, 0.5) is 0 Å². The summed E-state index contributed by atoms with van der Waals surface area (Å²) in [7, 11) is -3.35. The average molecular weight is 325 g/mol. The van der Waals surface area contributed by atoms with Crippen molar-refractivity contribution in [1.29, 1.82) is 0 Å². The van der Waals surface area contributed by atoms with Gasteiger partial charge in [0.15, 0.2) is 0 Å². The molecule has 0 radical (unpaired) electrons. The summed E-state index contributed by atoms with van der Waals surface area (Å²) in [5.74, 6) is 0. The fourth-order valence-electron chi connectivity index (χ4n) is 2.72. The normalized spacial score (nSPS) is 23.5. The first-order chi connectivity index (χ1) is 10.6. The van der Waals surface area contributed by atoms with E-state index in [0.29, 0.717) is 26.0 Å². The lowest BCUT2D eigenvalue weighted by molar-refractivity contribution is 0.111. The molecule has 1 unspecified atom stereocenters. The van der Waals surface area contributed by atoms with Crippen molar-refractivity contribution in [2.24, 2.45) is 0 Å². The molecule has 1 aliphatic heterocycles. The highest BCUT2D eigenvalue weighted by molar-refractivity contribution is 7.91. The van der Waals surface area contributed by atoms with E-state index in [0.717, 1.165) is 25.0 Å². The minimum atomic E-state index is -3.35. The van der Waals surface area contributed by atoms with Crippen molar-refractivity contribution in [3.8, 4) is 0 Å². The molecule has 122 valence electrons. The standard InChI is InChI=1S/C16H23NO4S/c18-22(19,17-11-15-7-4-10-21-15)16(8-9-16)13-20-12-14-5-2-1-3-6-14/h1-3,5-6,15,17H,4,7-13H2. The highest BCUT2D eigenvalue weighted by Gasteiger charge is 2.54. The van der Waals surface area contributed by atoms with Gasteiger partial charge in [-0.2, -0.15) is 0 Å². The average Bonchev–Trinajstić information content (AvgIpc) is 3.14. The maximum Gasteiger partial charge on any atom is 0.219 e. The molecule has 2 aliphatic rings. The molecule has 1 aromatic carbocycles. The van der Waals surface area contributed by atoms with E-state index in [4.69, 9.17) is 9.47 Å². The Hall–Kier alpha value is -0.950. The molecule has 6 heteroatoms. The Labute approximate surface area is 132 Å². The van der Waals surface area contributed by atoms with Crippen LogP contribution in [-0.2, 0) is 26.1 Å². The smallest absolute Gasteiger partial charge is 0.219 e. The summed E-state index contributed by atoms with van der Waals surface area (Å²) >= 11 is 0. The molecule has 22 heavy (non-hydrogen) atoms. The first-order valence-electron chi connectivity index (χ1n) is 7.84. The van der Waals surface area contributed by atoms with Crippen molar-refractivity contribution in [2.75, 3.05) is 19.8 Å². The van der Waals surface area contributed by atoms with Gasteiger partial charge in [0.25, 0.3) is 0 Å². The van der Waals surface area contributed by atoms with Gasteiger partial charge in [-0.3, -0.25) is 0 Å². The third-order valence-electron chi connectivity index (χ3n) is 4.38. The lowest BCUT2D eigenvalue weighted by atomic mass is 10.2. The summed E-state index contributed by atoms with van der Waals surface area (Å²) < 4.78 is 38.0. The predicted molar refractivity (Wildman–Crippen MR) is 84.0 cm³/mol. The van der Waals surface area contributed by atoms with Gasteiger partial charge in [-0.1, -0.05) is 30.3 Å². The van der Waals surface area contributed by atoms with Crippen LogP contribution in [0, 0.1) is 0 Å². The fraction of sp³-hybridized carbons (Fsp3) is 0.625. The van der Waals surface area contributed by atoms with E-state index in [9.17, 15) is 8.42 Å². The number of sulfonamides is 1. The van der Waals surface area contributed by atoms with Crippen LogP contribution in [0.25, 0.3) is 0 Å². The number of rotatable bonds is 8.